The Labute approximate surface area is 152 Å². The fourth-order valence-corrected chi connectivity index (χ4v) is 3.07. The van der Waals surface area contributed by atoms with Gasteiger partial charge in [-0.05, 0) is 24.3 Å². The molecule has 128 valence electrons. The minimum atomic E-state index is -0.460. The van der Waals surface area contributed by atoms with Gasteiger partial charge in [-0.2, -0.15) is 0 Å². The lowest BCUT2D eigenvalue weighted by Gasteiger charge is -2.08. The summed E-state index contributed by atoms with van der Waals surface area (Å²) >= 11 is 7.45. The molecule has 2 aromatic carbocycles. The summed E-state index contributed by atoms with van der Waals surface area (Å²) in [6, 6.07) is 13.7. The van der Waals surface area contributed by atoms with Crippen LogP contribution >= 0.6 is 23.4 Å². The smallest absolute Gasteiger partial charge is 0.310 e. The van der Waals surface area contributed by atoms with Crippen LogP contribution in [0.3, 0.4) is 0 Å². The predicted molar refractivity (Wildman–Crippen MR) is 95.7 cm³/mol. The SMILES string of the molecule is O=[N+]([O-])c1ccccc1OCCSc1nncn1-c1cccc(Cl)c1. The maximum Gasteiger partial charge on any atom is 0.310 e. The Morgan fingerprint density at radius 2 is 2.08 bits per heavy atom. The van der Waals surface area contributed by atoms with Gasteiger partial charge in [0.25, 0.3) is 0 Å². The third-order valence-electron chi connectivity index (χ3n) is 3.24. The van der Waals surface area contributed by atoms with E-state index in [-0.39, 0.29) is 11.4 Å². The molecule has 0 N–H and O–H groups in total. The molecule has 0 aliphatic carbocycles. The Hall–Kier alpha value is -2.58. The first kappa shape index (κ1) is 17.2. The molecule has 9 heteroatoms. The van der Waals surface area contributed by atoms with Gasteiger partial charge in [-0.15, -0.1) is 10.2 Å². The van der Waals surface area contributed by atoms with Crippen LogP contribution in [0.15, 0.2) is 60.0 Å². The molecular formula is C16H13ClN4O3S. The van der Waals surface area contributed by atoms with Crippen LogP contribution in [0.25, 0.3) is 5.69 Å². The molecule has 1 heterocycles. The Morgan fingerprint density at radius 3 is 2.88 bits per heavy atom. The molecule has 0 saturated carbocycles. The van der Waals surface area contributed by atoms with Crippen molar-refractivity contribution in [1.29, 1.82) is 0 Å². The number of ether oxygens (including phenoxy) is 1. The van der Waals surface area contributed by atoms with E-state index < -0.39 is 4.92 Å². The molecule has 0 radical (unpaired) electrons. The average molecular weight is 377 g/mol. The lowest BCUT2D eigenvalue weighted by atomic mass is 10.3. The summed E-state index contributed by atoms with van der Waals surface area (Å²) in [6.45, 7) is 0.303. The highest BCUT2D eigenvalue weighted by atomic mass is 35.5. The van der Waals surface area contributed by atoms with Gasteiger partial charge in [0.2, 0.25) is 0 Å². The summed E-state index contributed by atoms with van der Waals surface area (Å²) in [6.07, 6.45) is 1.61. The molecule has 0 bridgehead atoms. The third-order valence-corrected chi connectivity index (χ3v) is 4.38. The molecule has 0 atom stereocenters. The van der Waals surface area contributed by atoms with Crippen molar-refractivity contribution in [2.45, 2.75) is 5.16 Å². The zero-order chi connectivity index (χ0) is 17.6. The molecule has 3 rings (SSSR count). The largest absolute Gasteiger partial charge is 0.486 e. The standard InChI is InChI=1S/C16H13ClN4O3S/c17-12-4-3-5-13(10-12)20-11-18-19-16(20)25-9-8-24-15-7-2-1-6-14(15)21(22)23/h1-7,10-11H,8-9H2. The van der Waals surface area contributed by atoms with E-state index in [4.69, 9.17) is 16.3 Å². The summed E-state index contributed by atoms with van der Waals surface area (Å²) in [7, 11) is 0. The number of aromatic nitrogens is 3. The number of hydrogen-bond donors (Lipinski definition) is 0. The Morgan fingerprint density at radius 1 is 1.24 bits per heavy atom. The van der Waals surface area contributed by atoms with Crippen LogP contribution in [0.5, 0.6) is 5.75 Å². The van der Waals surface area contributed by atoms with Crippen molar-refractivity contribution in [3.8, 4) is 11.4 Å². The summed E-state index contributed by atoms with van der Waals surface area (Å²) in [4.78, 5) is 10.5. The summed E-state index contributed by atoms with van der Waals surface area (Å²) < 4.78 is 7.34. The number of halogens is 1. The summed E-state index contributed by atoms with van der Waals surface area (Å²) in [5.41, 5.74) is 0.814. The number of rotatable bonds is 7. The number of para-hydroxylation sites is 2. The second-order valence-corrected chi connectivity index (χ2v) is 6.38. The van der Waals surface area contributed by atoms with E-state index in [9.17, 15) is 10.1 Å². The molecule has 7 nitrogen and oxygen atoms in total. The van der Waals surface area contributed by atoms with Crippen molar-refractivity contribution in [2.75, 3.05) is 12.4 Å². The molecular weight excluding hydrogens is 364 g/mol. The first-order valence-electron chi connectivity index (χ1n) is 7.30. The predicted octanol–water partition coefficient (Wildman–Crippen LogP) is 4.00. The van der Waals surface area contributed by atoms with Crippen LogP contribution in [0.1, 0.15) is 0 Å². The monoisotopic (exact) mass is 376 g/mol. The Balaban J connectivity index is 1.61. The number of nitro groups is 1. The maximum absolute atomic E-state index is 11.0. The molecule has 0 spiro atoms. The van der Waals surface area contributed by atoms with Crippen molar-refractivity contribution in [1.82, 2.24) is 14.8 Å². The highest BCUT2D eigenvalue weighted by Gasteiger charge is 2.14. The van der Waals surface area contributed by atoms with Gasteiger partial charge in [0.15, 0.2) is 10.9 Å². The van der Waals surface area contributed by atoms with Gasteiger partial charge in [-0.25, -0.2) is 0 Å². The van der Waals surface area contributed by atoms with Crippen molar-refractivity contribution in [2.24, 2.45) is 0 Å². The van der Waals surface area contributed by atoms with Gasteiger partial charge in [0.1, 0.15) is 6.33 Å². The van der Waals surface area contributed by atoms with Gasteiger partial charge in [0, 0.05) is 16.8 Å². The molecule has 0 unspecified atom stereocenters. The second kappa shape index (κ2) is 8.00. The third kappa shape index (κ3) is 4.28. The molecule has 0 amide bonds. The van der Waals surface area contributed by atoms with Crippen LogP contribution in [0, 0.1) is 10.1 Å². The molecule has 0 aliphatic heterocycles. The number of nitro benzene ring substituents is 1. The van der Waals surface area contributed by atoms with Crippen molar-refractivity contribution < 1.29 is 9.66 Å². The fourth-order valence-electron chi connectivity index (χ4n) is 2.14. The van der Waals surface area contributed by atoms with Gasteiger partial charge < -0.3 is 4.74 Å². The van der Waals surface area contributed by atoms with Gasteiger partial charge in [-0.1, -0.05) is 41.6 Å². The second-order valence-electron chi connectivity index (χ2n) is 4.89. The van der Waals surface area contributed by atoms with E-state index in [2.05, 4.69) is 10.2 Å². The van der Waals surface area contributed by atoms with Crippen LogP contribution in [-0.2, 0) is 0 Å². The number of hydrogen-bond acceptors (Lipinski definition) is 6. The summed E-state index contributed by atoms with van der Waals surface area (Å²) in [5, 5.41) is 20.3. The summed E-state index contributed by atoms with van der Waals surface area (Å²) in [5.74, 6) is 0.815. The first-order chi connectivity index (χ1) is 12.1. The van der Waals surface area contributed by atoms with E-state index in [1.807, 2.05) is 22.8 Å². The van der Waals surface area contributed by atoms with Crippen molar-refractivity contribution >= 4 is 29.1 Å². The normalized spacial score (nSPS) is 10.6. The van der Waals surface area contributed by atoms with Gasteiger partial charge >= 0.3 is 5.69 Å². The van der Waals surface area contributed by atoms with E-state index in [1.165, 1.54) is 17.8 Å². The Kier molecular flexibility index (Phi) is 5.52. The number of thioether (sulfide) groups is 1. The van der Waals surface area contributed by atoms with Crippen LogP contribution in [-0.4, -0.2) is 32.0 Å². The van der Waals surface area contributed by atoms with Crippen molar-refractivity contribution in [3.63, 3.8) is 0 Å². The zero-order valence-electron chi connectivity index (χ0n) is 12.9. The van der Waals surface area contributed by atoms with Crippen LogP contribution in [0.2, 0.25) is 5.02 Å². The molecule has 1 aromatic heterocycles. The Bertz CT molecular complexity index is 887. The fraction of sp³-hybridized carbons (Fsp3) is 0.125. The lowest BCUT2D eigenvalue weighted by Crippen LogP contribution is -2.04. The first-order valence-corrected chi connectivity index (χ1v) is 8.66. The average Bonchev–Trinajstić information content (AvgIpc) is 3.07. The highest BCUT2D eigenvalue weighted by molar-refractivity contribution is 7.99. The van der Waals surface area contributed by atoms with Gasteiger partial charge in [-0.3, -0.25) is 14.7 Å². The number of benzene rings is 2. The quantitative estimate of drug-likeness (QED) is 0.268. The minimum Gasteiger partial charge on any atom is -0.486 e. The van der Waals surface area contributed by atoms with Crippen LogP contribution in [0.4, 0.5) is 5.69 Å². The molecule has 0 aliphatic rings. The molecule has 0 fully saturated rings. The van der Waals surface area contributed by atoms with Crippen molar-refractivity contribution in [3.05, 3.63) is 70.0 Å². The zero-order valence-corrected chi connectivity index (χ0v) is 14.5. The van der Waals surface area contributed by atoms with E-state index in [1.54, 1.807) is 30.6 Å². The van der Waals surface area contributed by atoms with Gasteiger partial charge in [0.05, 0.1) is 17.2 Å². The molecule has 0 saturated heterocycles. The van der Waals surface area contributed by atoms with Crippen LogP contribution < -0.4 is 4.74 Å². The molecule has 25 heavy (non-hydrogen) atoms. The number of nitrogens with zero attached hydrogens (tertiary/aromatic N) is 4. The maximum atomic E-state index is 11.0. The molecule has 3 aromatic rings. The van der Waals surface area contributed by atoms with E-state index in [0.29, 0.717) is 22.5 Å². The van der Waals surface area contributed by atoms with E-state index >= 15 is 0 Å². The lowest BCUT2D eigenvalue weighted by molar-refractivity contribution is -0.385. The minimum absolute atomic E-state index is 0.0467. The van der Waals surface area contributed by atoms with E-state index in [0.717, 1.165) is 5.69 Å². The highest BCUT2D eigenvalue weighted by Crippen LogP contribution is 2.26. The topological polar surface area (TPSA) is 83.1 Å².